The van der Waals surface area contributed by atoms with Crippen molar-refractivity contribution < 1.29 is 28.2 Å². The van der Waals surface area contributed by atoms with Gasteiger partial charge in [-0.15, -0.1) is 0 Å². The molecule has 1 aromatic heterocycles. The molecule has 0 aliphatic rings. The van der Waals surface area contributed by atoms with Gasteiger partial charge in [-0.3, -0.25) is 4.79 Å². The Morgan fingerprint density at radius 1 is 1.16 bits per heavy atom. The summed E-state index contributed by atoms with van der Waals surface area (Å²) in [6.45, 7) is 1.70. The smallest absolute Gasteiger partial charge is 0.354 e. The molecular formula is C23H19ClF2N2O4. The topological polar surface area (TPSA) is 79.7 Å². The van der Waals surface area contributed by atoms with Gasteiger partial charge < -0.3 is 14.7 Å². The molecule has 166 valence electrons. The van der Waals surface area contributed by atoms with Gasteiger partial charge in [0, 0.05) is 24.4 Å². The molecular weight excluding hydrogens is 442 g/mol. The third kappa shape index (κ3) is 5.03. The van der Waals surface area contributed by atoms with Crippen LogP contribution < -0.4 is 4.74 Å². The second-order valence-electron chi connectivity index (χ2n) is 6.99. The van der Waals surface area contributed by atoms with Crippen molar-refractivity contribution in [2.24, 2.45) is 0 Å². The van der Waals surface area contributed by atoms with Crippen LogP contribution >= 0.6 is 11.6 Å². The van der Waals surface area contributed by atoms with Crippen LogP contribution in [0.2, 0.25) is 5.02 Å². The quantitative estimate of drug-likeness (QED) is 0.529. The molecule has 2 aromatic carbocycles. The first-order valence-electron chi connectivity index (χ1n) is 9.49. The lowest BCUT2D eigenvalue weighted by atomic mass is 10.0. The number of hydrogen-bond donors (Lipinski definition) is 1. The van der Waals surface area contributed by atoms with Crippen LogP contribution in [0.25, 0.3) is 0 Å². The van der Waals surface area contributed by atoms with Crippen LogP contribution in [-0.2, 0) is 6.54 Å². The molecule has 0 bridgehead atoms. The molecule has 0 aliphatic heterocycles. The van der Waals surface area contributed by atoms with Crippen LogP contribution in [0.15, 0.2) is 54.7 Å². The Morgan fingerprint density at radius 2 is 1.84 bits per heavy atom. The molecule has 0 unspecified atom stereocenters. The summed E-state index contributed by atoms with van der Waals surface area (Å²) in [4.78, 5) is 29.6. The van der Waals surface area contributed by atoms with Crippen LogP contribution in [0.3, 0.4) is 0 Å². The summed E-state index contributed by atoms with van der Waals surface area (Å²) in [7, 11) is 1.46. The second kappa shape index (κ2) is 9.74. The van der Waals surface area contributed by atoms with Gasteiger partial charge in [-0.25, -0.2) is 18.6 Å². The molecule has 1 N–H and O–H groups in total. The number of aromatic nitrogens is 1. The molecule has 6 nitrogen and oxygen atoms in total. The minimum absolute atomic E-state index is 0.0153. The predicted molar refractivity (Wildman–Crippen MR) is 114 cm³/mol. The second-order valence-corrected chi connectivity index (χ2v) is 7.37. The number of ether oxygens (including phenoxy) is 1. The lowest BCUT2D eigenvalue weighted by Gasteiger charge is -2.31. The summed E-state index contributed by atoms with van der Waals surface area (Å²) < 4.78 is 32.8. The van der Waals surface area contributed by atoms with E-state index in [1.807, 2.05) is 0 Å². The number of carbonyl (C=O) groups excluding carboxylic acids is 1. The van der Waals surface area contributed by atoms with Gasteiger partial charge in [0.1, 0.15) is 23.1 Å². The van der Waals surface area contributed by atoms with Crippen molar-refractivity contribution in [3.8, 4) is 5.75 Å². The Morgan fingerprint density at radius 3 is 2.41 bits per heavy atom. The minimum Gasteiger partial charge on any atom is -0.495 e. The van der Waals surface area contributed by atoms with Gasteiger partial charge in [-0.05, 0) is 42.3 Å². The number of carboxylic acid groups (broad SMARTS) is 1. The van der Waals surface area contributed by atoms with Gasteiger partial charge in [-0.2, -0.15) is 0 Å². The van der Waals surface area contributed by atoms with E-state index in [4.69, 9.17) is 21.4 Å². The van der Waals surface area contributed by atoms with E-state index in [1.54, 1.807) is 25.1 Å². The van der Waals surface area contributed by atoms with E-state index in [2.05, 4.69) is 4.98 Å². The molecule has 0 fully saturated rings. The summed E-state index contributed by atoms with van der Waals surface area (Å²) in [5.41, 5.74) is 0.753. The average Bonchev–Trinajstić information content (AvgIpc) is 2.76. The maximum Gasteiger partial charge on any atom is 0.354 e. The molecule has 32 heavy (non-hydrogen) atoms. The normalized spacial score (nSPS) is 11.7. The van der Waals surface area contributed by atoms with Crippen molar-refractivity contribution in [3.05, 3.63) is 93.8 Å². The number of pyridine rings is 1. The van der Waals surface area contributed by atoms with E-state index in [9.17, 15) is 18.4 Å². The number of hydrogen-bond acceptors (Lipinski definition) is 4. The molecule has 3 aromatic rings. The molecule has 0 aliphatic carbocycles. The Hall–Kier alpha value is -3.52. The monoisotopic (exact) mass is 460 g/mol. The number of benzene rings is 2. The fraction of sp³-hybridized carbons (Fsp3) is 0.174. The number of amides is 1. The number of nitrogens with zero attached hydrogens (tertiary/aromatic N) is 2. The van der Waals surface area contributed by atoms with Gasteiger partial charge in [0.25, 0.3) is 5.91 Å². The SMILES string of the molecule is COc1cccc([C@H](C)N(Cc2ccc(C(=O)O)nc2)C(=O)c2cc(F)cc(F)c2)c1Cl. The van der Waals surface area contributed by atoms with Crippen LogP contribution in [0, 0.1) is 11.6 Å². The molecule has 1 atom stereocenters. The fourth-order valence-corrected chi connectivity index (χ4v) is 3.61. The van der Waals surface area contributed by atoms with E-state index in [0.29, 0.717) is 28.0 Å². The van der Waals surface area contributed by atoms with Crippen LogP contribution in [0.4, 0.5) is 8.78 Å². The first-order chi connectivity index (χ1) is 15.2. The first kappa shape index (κ1) is 23.1. The zero-order valence-electron chi connectivity index (χ0n) is 17.2. The highest BCUT2D eigenvalue weighted by Gasteiger charge is 2.26. The van der Waals surface area contributed by atoms with Crippen molar-refractivity contribution >= 4 is 23.5 Å². The van der Waals surface area contributed by atoms with Gasteiger partial charge in [0.15, 0.2) is 0 Å². The van der Waals surface area contributed by atoms with E-state index >= 15 is 0 Å². The maximum absolute atomic E-state index is 13.8. The number of halogens is 3. The Bertz CT molecular complexity index is 1130. The first-order valence-corrected chi connectivity index (χ1v) is 9.86. The van der Waals surface area contributed by atoms with Gasteiger partial charge in [0.2, 0.25) is 0 Å². The van der Waals surface area contributed by atoms with Crippen molar-refractivity contribution in [1.82, 2.24) is 9.88 Å². The van der Waals surface area contributed by atoms with Gasteiger partial charge in [0.05, 0.1) is 18.2 Å². The van der Waals surface area contributed by atoms with Crippen molar-refractivity contribution in [1.29, 1.82) is 0 Å². The summed E-state index contributed by atoms with van der Waals surface area (Å²) >= 11 is 6.45. The lowest BCUT2D eigenvalue weighted by molar-refractivity contribution is 0.0666. The number of aromatic carboxylic acids is 1. The third-order valence-corrected chi connectivity index (χ3v) is 5.30. The molecule has 0 saturated carbocycles. The van der Waals surface area contributed by atoms with E-state index in [0.717, 1.165) is 12.1 Å². The molecule has 9 heteroatoms. The fourth-order valence-electron chi connectivity index (χ4n) is 3.24. The van der Waals surface area contributed by atoms with Gasteiger partial charge >= 0.3 is 5.97 Å². The Kier molecular flexibility index (Phi) is 7.05. The largest absolute Gasteiger partial charge is 0.495 e. The lowest BCUT2D eigenvalue weighted by Crippen LogP contribution is -2.33. The standard InChI is InChI=1S/C23H19ClF2N2O4/c1-13(18-4-3-5-20(32-2)21(18)24)28(12-14-6-7-19(23(30)31)27-11-14)22(29)15-8-16(25)10-17(26)9-15/h3-11,13H,12H2,1-2H3,(H,30,31)/t13-/m0/s1. The Labute approximate surface area is 188 Å². The number of carbonyl (C=O) groups is 2. The van der Waals surface area contributed by atoms with Crippen LogP contribution in [0.5, 0.6) is 5.75 Å². The number of methoxy groups -OCH3 is 1. The number of rotatable bonds is 7. The molecule has 1 heterocycles. The molecule has 0 spiro atoms. The minimum atomic E-state index is -1.18. The molecule has 0 radical (unpaired) electrons. The maximum atomic E-state index is 13.8. The summed E-state index contributed by atoms with van der Waals surface area (Å²) in [5, 5.41) is 9.34. The zero-order valence-corrected chi connectivity index (χ0v) is 17.9. The third-order valence-electron chi connectivity index (χ3n) is 4.90. The predicted octanol–water partition coefficient (Wildman–Crippen LogP) is 5.12. The summed E-state index contributed by atoms with van der Waals surface area (Å²) in [6, 6.07) is 9.87. The molecule has 0 saturated heterocycles. The molecule has 3 rings (SSSR count). The zero-order chi connectivity index (χ0) is 23.4. The van der Waals surface area contributed by atoms with Gasteiger partial charge in [-0.1, -0.05) is 29.8 Å². The van der Waals surface area contributed by atoms with Crippen LogP contribution in [-0.4, -0.2) is 34.0 Å². The van der Waals surface area contributed by atoms with Crippen LogP contribution in [0.1, 0.15) is 44.9 Å². The highest BCUT2D eigenvalue weighted by Crippen LogP contribution is 2.35. The number of carboxylic acids is 1. The highest BCUT2D eigenvalue weighted by atomic mass is 35.5. The van der Waals surface area contributed by atoms with Crippen molar-refractivity contribution in [2.45, 2.75) is 19.5 Å². The average molecular weight is 461 g/mol. The van der Waals surface area contributed by atoms with E-state index in [1.165, 1.54) is 30.3 Å². The highest BCUT2D eigenvalue weighted by molar-refractivity contribution is 6.32. The summed E-state index contributed by atoms with van der Waals surface area (Å²) in [5.74, 6) is -3.18. The molecule has 1 amide bonds. The van der Waals surface area contributed by atoms with Crippen molar-refractivity contribution in [2.75, 3.05) is 7.11 Å². The van der Waals surface area contributed by atoms with Crippen molar-refractivity contribution in [3.63, 3.8) is 0 Å². The summed E-state index contributed by atoms with van der Waals surface area (Å²) in [6.07, 6.45) is 1.33. The Balaban J connectivity index is 2.03. The van der Waals surface area contributed by atoms with E-state index < -0.39 is 29.6 Å². The van der Waals surface area contributed by atoms with E-state index in [-0.39, 0.29) is 17.8 Å².